The first-order valence-electron chi connectivity index (χ1n) is 10.8. The molecule has 34 heavy (non-hydrogen) atoms. The number of fused-ring (bicyclic) bond motifs is 1. The van der Waals surface area contributed by atoms with Crippen LogP contribution in [-0.2, 0) is 17.8 Å². The number of benzene rings is 2. The van der Waals surface area contributed by atoms with Crippen LogP contribution < -0.4 is 15.6 Å². The molecule has 0 fully saturated rings. The van der Waals surface area contributed by atoms with Crippen LogP contribution in [0.15, 0.2) is 89.4 Å². The van der Waals surface area contributed by atoms with Gasteiger partial charge in [0.1, 0.15) is 28.6 Å². The maximum absolute atomic E-state index is 13.3. The summed E-state index contributed by atoms with van der Waals surface area (Å²) in [6.45, 7) is 2.30. The van der Waals surface area contributed by atoms with Crippen molar-refractivity contribution in [1.29, 1.82) is 5.26 Å². The number of carbonyl (C=O) groups is 1. The van der Waals surface area contributed by atoms with E-state index in [1.165, 1.54) is 10.5 Å². The summed E-state index contributed by atoms with van der Waals surface area (Å²) < 4.78 is 7.29. The van der Waals surface area contributed by atoms with Gasteiger partial charge in [-0.1, -0.05) is 55.5 Å². The van der Waals surface area contributed by atoms with Gasteiger partial charge in [-0.2, -0.15) is 10.2 Å². The fourth-order valence-corrected chi connectivity index (χ4v) is 3.35. The zero-order valence-corrected chi connectivity index (χ0v) is 18.6. The number of aryl methyl sites for hydroxylation is 1. The van der Waals surface area contributed by atoms with Crippen molar-refractivity contribution in [3.8, 4) is 17.7 Å². The molecule has 0 unspecified atom stereocenters. The molecule has 1 N–H and O–H groups in total. The van der Waals surface area contributed by atoms with E-state index in [4.69, 9.17) is 4.74 Å². The quantitative estimate of drug-likeness (QED) is 0.335. The molecule has 2 aromatic heterocycles. The van der Waals surface area contributed by atoms with E-state index in [9.17, 15) is 14.9 Å². The van der Waals surface area contributed by atoms with Gasteiger partial charge < -0.3 is 10.1 Å². The summed E-state index contributed by atoms with van der Waals surface area (Å²) in [4.78, 5) is 30.4. The smallest absolute Gasteiger partial charge is 0.269 e. The Labute approximate surface area is 196 Å². The van der Waals surface area contributed by atoms with E-state index in [2.05, 4.69) is 17.2 Å². The fraction of sp³-hybridized carbons (Fsp3) is 0.111. The number of hydrogen-bond donors (Lipinski definition) is 1. The number of hydrogen-bond acceptors (Lipinski definition) is 5. The Hall–Kier alpha value is -4.70. The highest BCUT2D eigenvalue weighted by molar-refractivity contribution is 6.01. The number of aromatic nitrogens is 2. The molecule has 0 aliphatic rings. The lowest BCUT2D eigenvalue weighted by molar-refractivity contribution is -0.117. The lowest BCUT2D eigenvalue weighted by Crippen LogP contribution is -2.25. The summed E-state index contributed by atoms with van der Waals surface area (Å²) in [6.07, 6.45) is 3.68. The predicted octanol–water partition coefficient (Wildman–Crippen LogP) is 4.27. The monoisotopic (exact) mass is 450 g/mol. The molecule has 4 aromatic rings. The molecule has 0 aliphatic carbocycles. The Morgan fingerprint density at radius 2 is 1.79 bits per heavy atom. The predicted molar refractivity (Wildman–Crippen MR) is 129 cm³/mol. The summed E-state index contributed by atoms with van der Waals surface area (Å²) >= 11 is 0. The molecule has 7 nitrogen and oxygen atoms in total. The van der Waals surface area contributed by atoms with Crippen molar-refractivity contribution in [2.75, 3.05) is 0 Å². The van der Waals surface area contributed by atoms with Gasteiger partial charge >= 0.3 is 0 Å². The van der Waals surface area contributed by atoms with Crippen molar-refractivity contribution in [3.05, 3.63) is 112 Å². The van der Waals surface area contributed by atoms with E-state index in [0.717, 1.165) is 17.5 Å². The second-order valence-corrected chi connectivity index (χ2v) is 7.50. The van der Waals surface area contributed by atoms with Crippen LogP contribution >= 0.6 is 0 Å². The van der Waals surface area contributed by atoms with E-state index >= 15 is 0 Å². The largest absolute Gasteiger partial charge is 0.438 e. The number of carbonyl (C=O) groups excluding carboxylic acids is 1. The van der Waals surface area contributed by atoms with E-state index in [-0.39, 0.29) is 23.6 Å². The van der Waals surface area contributed by atoms with Gasteiger partial charge in [0.2, 0.25) is 5.88 Å². The van der Waals surface area contributed by atoms with Gasteiger partial charge in [0.15, 0.2) is 0 Å². The van der Waals surface area contributed by atoms with E-state index < -0.39 is 11.5 Å². The third-order valence-electron chi connectivity index (χ3n) is 5.23. The van der Waals surface area contributed by atoms with Crippen LogP contribution in [0.4, 0.5) is 0 Å². The number of ether oxygens (including phenoxy) is 1. The minimum absolute atomic E-state index is 0.00896. The summed E-state index contributed by atoms with van der Waals surface area (Å²) in [5.41, 5.74) is 1.75. The third kappa shape index (κ3) is 5.03. The van der Waals surface area contributed by atoms with E-state index in [0.29, 0.717) is 11.4 Å². The summed E-state index contributed by atoms with van der Waals surface area (Å²) in [5, 5.41) is 12.4. The first-order valence-corrected chi connectivity index (χ1v) is 10.8. The van der Waals surface area contributed by atoms with Crippen LogP contribution in [0.2, 0.25) is 0 Å². The van der Waals surface area contributed by atoms with Gasteiger partial charge in [-0.3, -0.25) is 14.0 Å². The molecule has 0 spiro atoms. The number of amides is 1. The SMILES string of the molecule is CCc1ccc(Oc2nc3ccccn3c(=O)c2C=C(C#N)C(=O)NCc2ccccc2)cc1. The molecular weight excluding hydrogens is 428 g/mol. The van der Waals surface area contributed by atoms with Crippen LogP contribution in [0, 0.1) is 11.3 Å². The minimum Gasteiger partial charge on any atom is -0.438 e. The van der Waals surface area contributed by atoms with Crippen molar-refractivity contribution < 1.29 is 9.53 Å². The first kappa shape index (κ1) is 22.5. The molecule has 0 radical (unpaired) electrons. The second-order valence-electron chi connectivity index (χ2n) is 7.50. The average molecular weight is 450 g/mol. The second kappa shape index (κ2) is 10.3. The van der Waals surface area contributed by atoms with Gasteiger partial charge in [0.25, 0.3) is 11.5 Å². The number of nitrogens with zero attached hydrogens (tertiary/aromatic N) is 3. The zero-order valence-electron chi connectivity index (χ0n) is 18.6. The highest BCUT2D eigenvalue weighted by atomic mass is 16.5. The summed E-state index contributed by atoms with van der Waals surface area (Å²) in [7, 11) is 0. The Kier molecular flexibility index (Phi) is 6.80. The molecule has 0 aliphatic heterocycles. The van der Waals surface area contributed by atoms with Crippen LogP contribution in [0.25, 0.3) is 11.7 Å². The molecular formula is C27H22N4O3. The van der Waals surface area contributed by atoms with Crippen LogP contribution in [0.3, 0.4) is 0 Å². The Bertz CT molecular complexity index is 1450. The van der Waals surface area contributed by atoms with Crippen molar-refractivity contribution in [2.45, 2.75) is 19.9 Å². The van der Waals surface area contributed by atoms with E-state index in [1.807, 2.05) is 48.5 Å². The molecule has 2 aromatic carbocycles. The molecule has 0 atom stereocenters. The van der Waals surface area contributed by atoms with Crippen molar-refractivity contribution in [3.63, 3.8) is 0 Å². The molecule has 1 amide bonds. The van der Waals surface area contributed by atoms with Crippen molar-refractivity contribution in [2.24, 2.45) is 0 Å². The molecule has 0 saturated carbocycles. The molecule has 2 heterocycles. The third-order valence-corrected chi connectivity index (χ3v) is 5.23. The molecule has 0 saturated heterocycles. The topological polar surface area (TPSA) is 96.5 Å². The highest BCUT2D eigenvalue weighted by Crippen LogP contribution is 2.24. The molecule has 168 valence electrons. The number of pyridine rings is 1. The standard InChI is InChI=1S/C27H22N4O3/c1-2-19-11-13-22(14-12-19)34-26-23(27(33)31-15-7-6-10-24(31)30-26)16-21(17-28)25(32)29-18-20-8-4-3-5-9-20/h3-16H,2,18H2,1H3,(H,29,32). The Morgan fingerprint density at radius 3 is 2.50 bits per heavy atom. The van der Waals surface area contributed by atoms with Gasteiger partial charge in [0.05, 0.1) is 0 Å². The molecule has 7 heteroatoms. The zero-order chi connectivity index (χ0) is 23.9. The maximum atomic E-state index is 13.3. The lowest BCUT2D eigenvalue weighted by Gasteiger charge is -2.11. The maximum Gasteiger partial charge on any atom is 0.269 e. The van der Waals surface area contributed by atoms with Gasteiger partial charge in [-0.15, -0.1) is 0 Å². The fourth-order valence-electron chi connectivity index (χ4n) is 3.35. The normalized spacial score (nSPS) is 11.1. The summed E-state index contributed by atoms with van der Waals surface area (Å²) in [5.74, 6) is -0.0858. The Morgan fingerprint density at radius 1 is 1.06 bits per heavy atom. The van der Waals surface area contributed by atoms with Crippen LogP contribution in [0.1, 0.15) is 23.6 Å². The molecule has 4 rings (SSSR count). The van der Waals surface area contributed by atoms with Crippen molar-refractivity contribution in [1.82, 2.24) is 14.7 Å². The van der Waals surface area contributed by atoms with Crippen LogP contribution in [0.5, 0.6) is 11.6 Å². The number of nitriles is 1. The average Bonchev–Trinajstić information content (AvgIpc) is 2.88. The first-order chi connectivity index (χ1) is 16.6. The lowest BCUT2D eigenvalue weighted by atomic mass is 10.1. The Balaban J connectivity index is 1.72. The van der Waals surface area contributed by atoms with Crippen molar-refractivity contribution >= 4 is 17.6 Å². The summed E-state index contributed by atoms with van der Waals surface area (Å²) in [6, 6.07) is 23.8. The highest BCUT2D eigenvalue weighted by Gasteiger charge is 2.17. The number of nitrogens with one attached hydrogen (secondary N) is 1. The van der Waals surface area contributed by atoms with Crippen LogP contribution in [-0.4, -0.2) is 15.3 Å². The van der Waals surface area contributed by atoms with E-state index in [1.54, 1.807) is 36.5 Å². The van der Waals surface area contributed by atoms with Gasteiger partial charge in [-0.05, 0) is 47.9 Å². The minimum atomic E-state index is -0.595. The molecule has 0 bridgehead atoms. The van der Waals surface area contributed by atoms with Gasteiger partial charge in [0, 0.05) is 12.7 Å². The van der Waals surface area contributed by atoms with Gasteiger partial charge in [-0.25, -0.2) is 0 Å². The number of rotatable bonds is 7.